The van der Waals surface area contributed by atoms with Gasteiger partial charge in [-0.1, -0.05) is 6.07 Å². The first kappa shape index (κ1) is 11.7. The smallest absolute Gasteiger partial charge is 0.334 e. The van der Waals surface area contributed by atoms with Gasteiger partial charge < -0.3 is 25.4 Å². The van der Waals surface area contributed by atoms with E-state index in [-0.39, 0.29) is 13.2 Å². The van der Waals surface area contributed by atoms with Crippen molar-refractivity contribution in [1.29, 1.82) is 0 Å². The van der Waals surface area contributed by atoms with Gasteiger partial charge in [-0.25, -0.2) is 4.79 Å². The summed E-state index contributed by atoms with van der Waals surface area (Å²) in [5.41, 5.74) is 6.39. The molecule has 6 heteroatoms. The largest absolute Gasteiger partial charge is 0.479 e. The molecule has 0 fully saturated rings. The van der Waals surface area contributed by atoms with Gasteiger partial charge in [-0.2, -0.15) is 0 Å². The third-order valence-corrected chi connectivity index (χ3v) is 2.57. The van der Waals surface area contributed by atoms with Crippen molar-refractivity contribution in [2.24, 2.45) is 5.73 Å². The third kappa shape index (κ3) is 2.48. The lowest BCUT2D eigenvalue weighted by atomic mass is 10.0. The monoisotopic (exact) mass is 239 g/mol. The molecule has 0 saturated carbocycles. The number of carboxylic acids is 1. The van der Waals surface area contributed by atoms with E-state index in [9.17, 15) is 9.90 Å². The van der Waals surface area contributed by atoms with Crippen molar-refractivity contribution >= 4 is 5.97 Å². The van der Waals surface area contributed by atoms with E-state index in [1.165, 1.54) is 0 Å². The number of rotatable bonds is 4. The van der Waals surface area contributed by atoms with Crippen molar-refractivity contribution in [3.63, 3.8) is 0 Å². The number of aliphatic carboxylic acids is 1. The number of ether oxygens (including phenoxy) is 2. The van der Waals surface area contributed by atoms with Crippen LogP contribution < -0.4 is 15.2 Å². The average molecular weight is 239 g/mol. The van der Waals surface area contributed by atoms with Crippen molar-refractivity contribution in [1.82, 2.24) is 0 Å². The minimum atomic E-state index is -1.57. The van der Waals surface area contributed by atoms with Crippen LogP contribution in [-0.4, -0.2) is 35.1 Å². The number of hydrogen-bond acceptors (Lipinski definition) is 5. The Morgan fingerprint density at radius 3 is 2.82 bits per heavy atom. The number of nitrogens with two attached hydrogens (primary N) is 1. The summed E-state index contributed by atoms with van der Waals surface area (Å²) >= 11 is 0. The van der Waals surface area contributed by atoms with E-state index in [2.05, 4.69) is 0 Å². The van der Waals surface area contributed by atoms with E-state index in [0.717, 1.165) is 5.56 Å². The number of hydrogen-bond donors (Lipinski definition) is 3. The summed E-state index contributed by atoms with van der Waals surface area (Å²) in [5, 5.41) is 17.9. The van der Waals surface area contributed by atoms with Crippen LogP contribution in [0.2, 0.25) is 0 Å². The summed E-state index contributed by atoms with van der Waals surface area (Å²) in [5.74, 6) is -0.0566. The fraction of sp³-hybridized carbons (Fsp3) is 0.364. The first-order valence-corrected chi connectivity index (χ1v) is 5.13. The number of aliphatic hydroxyl groups is 1. The maximum absolute atomic E-state index is 10.5. The zero-order valence-electron chi connectivity index (χ0n) is 9.00. The molecule has 1 aromatic carbocycles. The minimum absolute atomic E-state index is 0.183. The highest BCUT2D eigenvalue weighted by atomic mass is 16.7. The molecule has 1 aliphatic rings. The molecule has 0 unspecified atom stereocenters. The molecule has 0 radical (unpaired) electrons. The van der Waals surface area contributed by atoms with Crippen LogP contribution in [0.25, 0.3) is 0 Å². The lowest BCUT2D eigenvalue weighted by Crippen LogP contribution is -2.41. The van der Waals surface area contributed by atoms with Crippen molar-refractivity contribution < 1.29 is 24.5 Å². The van der Waals surface area contributed by atoms with Crippen molar-refractivity contribution in [3.05, 3.63) is 23.8 Å². The second kappa shape index (κ2) is 4.60. The van der Waals surface area contributed by atoms with Gasteiger partial charge in [0.2, 0.25) is 6.79 Å². The second-order valence-electron chi connectivity index (χ2n) is 3.84. The number of aliphatic hydroxyl groups excluding tert-OH is 1. The van der Waals surface area contributed by atoms with Crippen LogP contribution in [0.3, 0.4) is 0 Å². The minimum Gasteiger partial charge on any atom is -0.479 e. The van der Waals surface area contributed by atoms with E-state index in [0.29, 0.717) is 11.5 Å². The Hall–Kier alpha value is -1.79. The predicted octanol–water partition coefficient (Wildman–Crippen LogP) is -0.269. The van der Waals surface area contributed by atoms with Crippen molar-refractivity contribution in [2.75, 3.05) is 6.79 Å². The molecular weight excluding hydrogens is 226 g/mol. The number of fused-ring (bicyclic) bond motifs is 1. The summed E-state index contributed by atoms with van der Waals surface area (Å²) in [7, 11) is 0. The number of carbonyl (C=O) groups is 1. The molecule has 2 rings (SSSR count). The SMILES string of the molecule is N[C@@H](Cc1ccc2c(c1)OCO2)[C@H](O)C(=O)O. The standard InChI is InChI=1S/C11H13NO5/c12-7(10(13)11(14)15)3-6-1-2-8-9(4-6)17-5-16-8/h1-2,4,7,10,13H,3,5,12H2,(H,14,15)/t7-,10-/m0/s1. The Labute approximate surface area is 97.6 Å². The van der Waals surface area contributed by atoms with Gasteiger partial charge in [0.15, 0.2) is 17.6 Å². The molecule has 4 N–H and O–H groups in total. The molecule has 6 nitrogen and oxygen atoms in total. The van der Waals surface area contributed by atoms with E-state index >= 15 is 0 Å². The Morgan fingerprint density at radius 1 is 1.41 bits per heavy atom. The van der Waals surface area contributed by atoms with E-state index in [4.69, 9.17) is 20.3 Å². The number of benzene rings is 1. The molecule has 0 amide bonds. The van der Waals surface area contributed by atoms with Crippen LogP contribution >= 0.6 is 0 Å². The fourth-order valence-corrected chi connectivity index (χ4v) is 1.63. The Kier molecular flexibility index (Phi) is 3.16. The van der Waals surface area contributed by atoms with Gasteiger partial charge in [-0.15, -0.1) is 0 Å². The highest BCUT2D eigenvalue weighted by molar-refractivity contribution is 5.72. The molecule has 0 bridgehead atoms. The zero-order chi connectivity index (χ0) is 12.4. The first-order chi connectivity index (χ1) is 8.08. The normalized spacial score (nSPS) is 16.6. The van der Waals surface area contributed by atoms with Crippen LogP contribution in [-0.2, 0) is 11.2 Å². The lowest BCUT2D eigenvalue weighted by molar-refractivity contribution is -0.147. The summed E-state index contributed by atoms with van der Waals surface area (Å²) in [6, 6.07) is 4.38. The summed E-state index contributed by atoms with van der Waals surface area (Å²) in [4.78, 5) is 10.5. The molecular formula is C11H13NO5. The maximum atomic E-state index is 10.5. The van der Waals surface area contributed by atoms with Gasteiger partial charge in [0.25, 0.3) is 0 Å². The maximum Gasteiger partial charge on any atom is 0.334 e. The molecule has 0 saturated heterocycles. The molecule has 0 spiro atoms. The van der Waals surface area contributed by atoms with Gasteiger partial charge in [-0.05, 0) is 24.1 Å². The predicted molar refractivity (Wildman–Crippen MR) is 57.9 cm³/mol. The van der Waals surface area contributed by atoms with Crippen molar-refractivity contribution in [2.45, 2.75) is 18.6 Å². The highest BCUT2D eigenvalue weighted by Gasteiger charge is 2.23. The molecule has 17 heavy (non-hydrogen) atoms. The molecule has 92 valence electrons. The quantitative estimate of drug-likeness (QED) is 0.668. The lowest BCUT2D eigenvalue weighted by Gasteiger charge is -2.15. The van der Waals surface area contributed by atoms with Crippen LogP contribution in [0.15, 0.2) is 18.2 Å². The molecule has 1 heterocycles. The second-order valence-corrected chi connectivity index (χ2v) is 3.84. The summed E-state index contributed by atoms with van der Waals surface area (Å²) < 4.78 is 10.3. The highest BCUT2D eigenvalue weighted by Crippen LogP contribution is 2.32. The third-order valence-electron chi connectivity index (χ3n) is 2.57. The molecule has 0 aromatic heterocycles. The summed E-state index contributed by atoms with van der Waals surface area (Å²) in [6.07, 6.45) is -1.31. The van der Waals surface area contributed by atoms with Crippen LogP contribution in [0.5, 0.6) is 11.5 Å². The van der Waals surface area contributed by atoms with Gasteiger partial charge in [0.05, 0.1) is 0 Å². The zero-order valence-corrected chi connectivity index (χ0v) is 9.00. The molecule has 1 aliphatic heterocycles. The van der Waals surface area contributed by atoms with Crippen molar-refractivity contribution in [3.8, 4) is 11.5 Å². The topological polar surface area (TPSA) is 102 Å². The molecule has 0 aliphatic carbocycles. The van der Waals surface area contributed by atoms with E-state index in [1.807, 2.05) is 0 Å². The van der Waals surface area contributed by atoms with Gasteiger partial charge in [0, 0.05) is 6.04 Å². The van der Waals surface area contributed by atoms with Crippen LogP contribution in [0, 0.1) is 0 Å². The Balaban J connectivity index is 2.06. The Morgan fingerprint density at radius 2 is 2.12 bits per heavy atom. The van der Waals surface area contributed by atoms with E-state index in [1.54, 1.807) is 18.2 Å². The van der Waals surface area contributed by atoms with E-state index < -0.39 is 18.1 Å². The first-order valence-electron chi connectivity index (χ1n) is 5.13. The fourth-order valence-electron chi connectivity index (χ4n) is 1.63. The molecule has 2 atom stereocenters. The summed E-state index contributed by atoms with van der Waals surface area (Å²) in [6.45, 7) is 0.183. The molecule has 1 aromatic rings. The number of carboxylic acid groups (broad SMARTS) is 1. The Bertz CT molecular complexity index is 434. The van der Waals surface area contributed by atoms with Gasteiger partial charge >= 0.3 is 5.97 Å². The van der Waals surface area contributed by atoms with Crippen LogP contribution in [0.1, 0.15) is 5.56 Å². The van der Waals surface area contributed by atoms with Gasteiger partial charge in [0.1, 0.15) is 0 Å². The van der Waals surface area contributed by atoms with Crippen LogP contribution in [0.4, 0.5) is 0 Å². The van der Waals surface area contributed by atoms with Gasteiger partial charge in [-0.3, -0.25) is 0 Å². The average Bonchev–Trinajstić information content (AvgIpc) is 2.74.